The number of hydrogen-bond donors (Lipinski definition) is 2. The normalized spacial score (nSPS) is 14.6. The van der Waals surface area contributed by atoms with Gasteiger partial charge in [-0.1, -0.05) is 53.5 Å². The van der Waals surface area contributed by atoms with Crippen molar-refractivity contribution in [3.8, 4) is 11.5 Å². The van der Waals surface area contributed by atoms with Gasteiger partial charge in [-0.3, -0.25) is 4.79 Å². The zero-order valence-electron chi connectivity index (χ0n) is 24.2. The summed E-state index contributed by atoms with van der Waals surface area (Å²) in [7, 11) is 0. The molecule has 3 N–H and O–H groups in total. The molecular formula is C28H43NO11. The maximum absolute atomic E-state index is 12.4. The van der Waals surface area contributed by atoms with Crippen LogP contribution in [0.3, 0.4) is 0 Å². The van der Waals surface area contributed by atoms with Crippen LogP contribution in [0.5, 0.6) is 11.5 Å². The topological polar surface area (TPSA) is 170 Å². The van der Waals surface area contributed by atoms with Crippen molar-refractivity contribution >= 4 is 24.4 Å². The number of aliphatic carboxylic acids is 1. The summed E-state index contributed by atoms with van der Waals surface area (Å²) in [5, 5.41) is 9.63. The van der Waals surface area contributed by atoms with Crippen molar-refractivity contribution < 1.29 is 52.7 Å². The quantitative estimate of drug-likeness (QED) is 0.143. The van der Waals surface area contributed by atoms with Crippen molar-refractivity contribution in [1.29, 1.82) is 0 Å². The minimum Gasteiger partial charge on any atom is -0.480 e. The second-order valence-electron chi connectivity index (χ2n) is 9.79. The fourth-order valence-corrected chi connectivity index (χ4v) is 3.27. The SMILES string of the molecule is CCCOC(=O)OC(C)CC(c1ccc(OC(=O)OCC(C)CC)c(OC(=O)OCC(C)CC)c1)[C@H](N)C(=O)O. The first-order chi connectivity index (χ1) is 18.9. The summed E-state index contributed by atoms with van der Waals surface area (Å²) in [6, 6.07) is 2.73. The number of hydrogen-bond acceptors (Lipinski definition) is 11. The summed E-state index contributed by atoms with van der Waals surface area (Å²) in [5.74, 6) is -2.33. The number of carbonyl (C=O) groups is 4. The van der Waals surface area contributed by atoms with Gasteiger partial charge in [0.15, 0.2) is 11.5 Å². The van der Waals surface area contributed by atoms with E-state index in [-0.39, 0.29) is 49.6 Å². The van der Waals surface area contributed by atoms with E-state index in [1.165, 1.54) is 18.2 Å². The monoisotopic (exact) mass is 569 g/mol. The predicted octanol–water partition coefficient (Wildman–Crippen LogP) is 5.65. The van der Waals surface area contributed by atoms with E-state index in [4.69, 9.17) is 34.2 Å². The summed E-state index contributed by atoms with van der Waals surface area (Å²) in [6.45, 7) is 11.5. The summed E-state index contributed by atoms with van der Waals surface area (Å²) in [4.78, 5) is 48.4. The maximum Gasteiger partial charge on any atom is 0.513 e. The molecule has 1 aromatic carbocycles. The Bertz CT molecular complexity index is 968. The van der Waals surface area contributed by atoms with Crippen LogP contribution in [-0.4, -0.2) is 61.5 Å². The molecule has 12 heteroatoms. The van der Waals surface area contributed by atoms with Gasteiger partial charge in [0, 0.05) is 5.92 Å². The maximum atomic E-state index is 12.4. The summed E-state index contributed by atoms with van der Waals surface area (Å²) in [5.41, 5.74) is 6.32. The molecule has 0 aliphatic heterocycles. The zero-order chi connectivity index (χ0) is 30.2. The van der Waals surface area contributed by atoms with Gasteiger partial charge < -0.3 is 39.3 Å². The average molecular weight is 570 g/mol. The van der Waals surface area contributed by atoms with Gasteiger partial charge >= 0.3 is 24.4 Å². The first kappa shape index (κ1) is 34.5. The van der Waals surface area contributed by atoms with Crippen molar-refractivity contribution in [2.45, 2.75) is 85.3 Å². The molecule has 1 rings (SSSR count). The molecule has 12 nitrogen and oxygen atoms in total. The minimum atomic E-state index is -1.41. The molecule has 0 aliphatic rings. The van der Waals surface area contributed by atoms with Crippen molar-refractivity contribution in [2.75, 3.05) is 19.8 Å². The molecule has 4 unspecified atom stereocenters. The molecule has 0 saturated carbocycles. The van der Waals surface area contributed by atoms with E-state index in [9.17, 15) is 24.3 Å². The van der Waals surface area contributed by atoms with Crippen LogP contribution in [0.1, 0.15) is 78.7 Å². The summed E-state index contributed by atoms with van der Waals surface area (Å²) >= 11 is 0. The lowest BCUT2D eigenvalue weighted by molar-refractivity contribution is -0.139. The van der Waals surface area contributed by atoms with Crippen LogP contribution >= 0.6 is 0 Å². The first-order valence-corrected chi connectivity index (χ1v) is 13.6. The summed E-state index contributed by atoms with van der Waals surface area (Å²) < 4.78 is 31.0. The van der Waals surface area contributed by atoms with E-state index in [0.717, 1.165) is 12.8 Å². The van der Waals surface area contributed by atoms with Crippen molar-refractivity contribution in [2.24, 2.45) is 17.6 Å². The smallest absolute Gasteiger partial charge is 0.480 e. The number of nitrogens with two attached hydrogens (primary N) is 1. The molecule has 0 amide bonds. The van der Waals surface area contributed by atoms with Gasteiger partial charge in [-0.2, -0.15) is 0 Å². The Morgan fingerprint density at radius 3 is 1.88 bits per heavy atom. The fourth-order valence-electron chi connectivity index (χ4n) is 3.27. The Kier molecular flexibility index (Phi) is 15.5. The third-order valence-electron chi connectivity index (χ3n) is 6.17. The molecule has 40 heavy (non-hydrogen) atoms. The van der Waals surface area contributed by atoms with Crippen LogP contribution in [0.15, 0.2) is 18.2 Å². The second kappa shape index (κ2) is 17.9. The van der Waals surface area contributed by atoms with E-state index in [1.807, 2.05) is 34.6 Å². The van der Waals surface area contributed by atoms with Crippen LogP contribution in [-0.2, 0) is 23.7 Å². The molecule has 5 atom stereocenters. The number of carbonyl (C=O) groups excluding carboxylic acids is 3. The van der Waals surface area contributed by atoms with E-state index in [2.05, 4.69) is 0 Å². The van der Waals surface area contributed by atoms with Gasteiger partial charge in [0.25, 0.3) is 0 Å². The molecule has 1 aromatic rings. The third-order valence-corrected chi connectivity index (χ3v) is 6.17. The zero-order valence-corrected chi connectivity index (χ0v) is 24.2. The largest absolute Gasteiger partial charge is 0.513 e. The Morgan fingerprint density at radius 1 is 0.825 bits per heavy atom. The van der Waals surface area contributed by atoms with Crippen LogP contribution < -0.4 is 15.2 Å². The Morgan fingerprint density at radius 2 is 1.38 bits per heavy atom. The van der Waals surface area contributed by atoms with Gasteiger partial charge in [-0.15, -0.1) is 0 Å². The van der Waals surface area contributed by atoms with Crippen LogP contribution in [0.2, 0.25) is 0 Å². The predicted molar refractivity (Wildman–Crippen MR) is 144 cm³/mol. The Balaban J connectivity index is 3.27. The lowest BCUT2D eigenvalue weighted by atomic mass is 9.87. The van der Waals surface area contributed by atoms with Crippen LogP contribution in [0.4, 0.5) is 14.4 Å². The molecule has 0 saturated heterocycles. The highest BCUT2D eigenvalue weighted by Gasteiger charge is 2.30. The Hall–Kier alpha value is -3.54. The number of rotatable bonds is 16. The lowest BCUT2D eigenvalue weighted by Crippen LogP contribution is -2.38. The average Bonchev–Trinajstić information content (AvgIpc) is 2.92. The molecule has 0 radical (unpaired) electrons. The third kappa shape index (κ3) is 12.5. The standard InChI is InChI=1S/C28H43NO11/c1-7-12-35-26(32)38-19(6)13-21(24(29)25(30)31)20-10-11-22(39-27(33)36-15-17(4)8-2)23(14-20)40-28(34)37-16-18(5)9-3/h10-11,14,17-19,21,24H,7-9,12-13,15-16,29H2,1-6H3,(H,30,31)/t17?,18?,19?,21?,24-/m0/s1. The van der Waals surface area contributed by atoms with Crippen molar-refractivity contribution in [3.63, 3.8) is 0 Å². The number of carboxylic acids is 1. The van der Waals surface area contributed by atoms with Gasteiger partial charge in [0.1, 0.15) is 12.1 Å². The minimum absolute atomic E-state index is 0.00371. The molecule has 0 spiro atoms. The van der Waals surface area contributed by atoms with Gasteiger partial charge in [0.2, 0.25) is 0 Å². The molecular weight excluding hydrogens is 526 g/mol. The van der Waals surface area contributed by atoms with E-state index < -0.39 is 42.5 Å². The van der Waals surface area contributed by atoms with Crippen molar-refractivity contribution in [3.05, 3.63) is 23.8 Å². The number of ether oxygens (including phenoxy) is 6. The molecule has 0 aromatic heterocycles. The summed E-state index contributed by atoms with van der Waals surface area (Å²) in [6.07, 6.45) is -1.51. The van der Waals surface area contributed by atoms with Gasteiger partial charge in [-0.25, -0.2) is 14.4 Å². The fraction of sp³-hybridized carbons (Fsp3) is 0.643. The molecule has 0 bridgehead atoms. The van der Waals surface area contributed by atoms with E-state index >= 15 is 0 Å². The van der Waals surface area contributed by atoms with Gasteiger partial charge in [0.05, 0.1) is 19.8 Å². The van der Waals surface area contributed by atoms with E-state index in [1.54, 1.807) is 6.92 Å². The molecule has 0 fully saturated rings. The Labute approximate surface area is 235 Å². The molecule has 226 valence electrons. The van der Waals surface area contributed by atoms with E-state index in [0.29, 0.717) is 12.0 Å². The number of benzene rings is 1. The van der Waals surface area contributed by atoms with Crippen molar-refractivity contribution in [1.82, 2.24) is 0 Å². The molecule has 0 aliphatic carbocycles. The highest BCUT2D eigenvalue weighted by atomic mass is 16.7. The molecule has 0 heterocycles. The van der Waals surface area contributed by atoms with Crippen LogP contribution in [0, 0.1) is 11.8 Å². The first-order valence-electron chi connectivity index (χ1n) is 13.6. The van der Waals surface area contributed by atoms with Crippen LogP contribution in [0.25, 0.3) is 0 Å². The number of carboxylic acid groups (broad SMARTS) is 1. The highest BCUT2D eigenvalue weighted by Crippen LogP contribution is 2.35. The highest BCUT2D eigenvalue weighted by molar-refractivity contribution is 5.75. The lowest BCUT2D eigenvalue weighted by Gasteiger charge is -2.25. The second-order valence-corrected chi connectivity index (χ2v) is 9.79. The van der Waals surface area contributed by atoms with Gasteiger partial charge in [-0.05, 0) is 49.3 Å².